The number of ether oxygens (including phenoxy) is 1. The van der Waals surface area contributed by atoms with Gasteiger partial charge < -0.3 is 25.8 Å². The Kier molecular flexibility index (Phi) is 6.20. The molecule has 1 heterocycles. The van der Waals surface area contributed by atoms with Crippen molar-refractivity contribution in [2.45, 2.75) is 83.0 Å². The summed E-state index contributed by atoms with van der Waals surface area (Å²) in [6.45, 7) is 7.69. The molecule has 0 radical (unpaired) electrons. The molecule has 4 saturated carbocycles. The molecule has 4 fully saturated rings. The van der Waals surface area contributed by atoms with E-state index in [0.717, 1.165) is 32.1 Å². The molecule has 33 heavy (non-hydrogen) atoms. The highest BCUT2D eigenvalue weighted by Gasteiger charge is 2.55. The largest absolute Gasteiger partial charge is 0.453 e. The molecule has 4 bridgehead atoms. The van der Waals surface area contributed by atoms with Crippen LogP contribution in [0.5, 0.6) is 0 Å². The Hall–Kier alpha value is -2.55. The Morgan fingerprint density at radius 3 is 2.52 bits per heavy atom. The summed E-state index contributed by atoms with van der Waals surface area (Å²) in [4.78, 5) is 24.9. The van der Waals surface area contributed by atoms with Gasteiger partial charge in [-0.3, -0.25) is 4.79 Å². The Labute approximate surface area is 195 Å². The number of methoxy groups -OCH3 is 1. The van der Waals surface area contributed by atoms with Crippen molar-refractivity contribution in [3.8, 4) is 0 Å². The Morgan fingerprint density at radius 1 is 1.27 bits per heavy atom. The number of amides is 2. The van der Waals surface area contributed by atoms with E-state index in [9.17, 15) is 14.7 Å². The van der Waals surface area contributed by atoms with Gasteiger partial charge in [-0.1, -0.05) is 0 Å². The minimum absolute atomic E-state index is 0.0945. The molecule has 1 aromatic heterocycles. The number of carbonyl (C=O) groups is 2. The molecule has 2 atom stereocenters. The number of nitrogens with zero attached hydrogens (tertiary/aromatic N) is 2. The predicted molar refractivity (Wildman–Crippen MR) is 126 cm³/mol. The van der Waals surface area contributed by atoms with Crippen molar-refractivity contribution in [1.29, 1.82) is 0 Å². The highest BCUT2D eigenvalue weighted by atomic mass is 16.5. The third kappa shape index (κ3) is 5.03. The van der Waals surface area contributed by atoms with Crippen LogP contribution in [0.25, 0.3) is 6.20 Å². The fraction of sp³-hybridized carbons (Fsp3) is 0.708. The van der Waals surface area contributed by atoms with E-state index in [1.165, 1.54) is 7.11 Å². The van der Waals surface area contributed by atoms with Crippen LogP contribution in [0.1, 0.15) is 70.2 Å². The predicted octanol–water partition coefficient (Wildman–Crippen LogP) is 2.98. The third-order valence-electron chi connectivity index (χ3n) is 7.25. The molecule has 2 amide bonds. The van der Waals surface area contributed by atoms with Crippen LogP contribution in [0.4, 0.5) is 10.6 Å². The van der Waals surface area contributed by atoms with Crippen LogP contribution in [0.15, 0.2) is 12.3 Å². The average Bonchev–Trinajstić information content (AvgIpc) is 3.09. The van der Waals surface area contributed by atoms with Gasteiger partial charge in [0.05, 0.1) is 24.4 Å². The number of aromatic nitrogens is 2. The third-order valence-corrected chi connectivity index (χ3v) is 7.25. The smallest absolute Gasteiger partial charge is 0.407 e. The van der Waals surface area contributed by atoms with Crippen molar-refractivity contribution in [1.82, 2.24) is 20.4 Å². The van der Waals surface area contributed by atoms with Crippen molar-refractivity contribution in [2.24, 2.45) is 17.8 Å². The van der Waals surface area contributed by atoms with Crippen molar-refractivity contribution in [3.05, 3.63) is 17.8 Å². The van der Waals surface area contributed by atoms with Crippen LogP contribution in [-0.4, -0.2) is 57.2 Å². The lowest BCUT2D eigenvalue weighted by molar-refractivity contribution is -0.136. The second kappa shape index (κ2) is 8.66. The molecule has 182 valence electrons. The fourth-order valence-corrected chi connectivity index (χ4v) is 6.12. The maximum absolute atomic E-state index is 13.4. The number of hydrogen-bond donors (Lipinski definition) is 4. The van der Waals surface area contributed by atoms with E-state index in [2.05, 4.69) is 25.8 Å². The molecule has 9 heteroatoms. The van der Waals surface area contributed by atoms with Crippen LogP contribution in [0.3, 0.4) is 0 Å². The second-order valence-electron chi connectivity index (χ2n) is 11.0. The van der Waals surface area contributed by atoms with Gasteiger partial charge in [0.1, 0.15) is 11.4 Å². The van der Waals surface area contributed by atoms with Gasteiger partial charge in [0.2, 0.25) is 0 Å². The molecule has 4 aliphatic carbocycles. The number of anilines is 1. The first-order chi connectivity index (χ1) is 15.5. The van der Waals surface area contributed by atoms with Gasteiger partial charge in [-0.25, -0.2) is 9.48 Å². The molecule has 9 nitrogen and oxygen atoms in total. The van der Waals surface area contributed by atoms with Crippen LogP contribution < -0.4 is 16.0 Å². The Morgan fingerprint density at radius 2 is 1.94 bits per heavy atom. The van der Waals surface area contributed by atoms with E-state index in [0.29, 0.717) is 29.1 Å². The number of carbonyl (C=O) groups excluding carboxylic acids is 2. The van der Waals surface area contributed by atoms with Gasteiger partial charge >= 0.3 is 6.09 Å². The second-order valence-corrected chi connectivity index (χ2v) is 11.0. The normalized spacial score (nSPS) is 30.6. The minimum Gasteiger partial charge on any atom is -0.453 e. The molecule has 2 unspecified atom stereocenters. The molecule has 1 aromatic rings. The number of alkyl carbamates (subject to hydrolysis) is 1. The molecule has 5 rings (SSSR count). The Balaban J connectivity index is 1.52. The van der Waals surface area contributed by atoms with Crippen molar-refractivity contribution >= 4 is 24.0 Å². The SMILES string of the molecule is COC(=O)NC(C)(C)/C=C/n1ncc(C(=O)N[C@H]2C3CC4CC2C[C@](O)(C4)C3)c1NC(C)C. The average molecular weight is 460 g/mol. The lowest BCUT2D eigenvalue weighted by atomic mass is 9.52. The van der Waals surface area contributed by atoms with Crippen LogP contribution in [-0.2, 0) is 4.74 Å². The zero-order chi connectivity index (χ0) is 24.0. The summed E-state index contributed by atoms with van der Waals surface area (Å²) in [5.74, 6) is 1.73. The van der Waals surface area contributed by atoms with E-state index in [1.54, 1.807) is 23.2 Å². The molecule has 0 spiro atoms. The number of aliphatic hydroxyl groups is 1. The zero-order valence-electron chi connectivity index (χ0n) is 20.2. The van der Waals surface area contributed by atoms with E-state index in [4.69, 9.17) is 0 Å². The van der Waals surface area contributed by atoms with Crippen LogP contribution in [0.2, 0.25) is 0 Å². The molecule has 0 aliphatic heterocycles. The topological polar surface area (TPSA) is 118 Å². The van der Waals surface area contributed by atoms with E-state index in [-0.39, 0.29) is 18.0 Å². The van der Waals surface area contributed by atoms with Crippen molar-refractivity contribution < 1.29 is 19.4 Å². The summed E-state index contributed by atoms with van der Waals surface area (Å²) in [5, 5.41) is 24.6. The van der Waals surface area contributed by atoms with Gasteiger partial charge in [-0.05, 0) is 83.6 Å². The number of nitrogens with one attached hydrogen (secondary N) is 3. The van der Waals surface area contributed by atoms with Crippen molar-refractivity contribution in [2.75, 3.05) is 12.4 Å². The van der Waals surface area contributed by atoms with Gasteiger partial charge in [-0.2, -0.15) is 5.10 Å². The Bertz CT molecular complexity index is 921. The van der Waals surface area contributed by atoms with Crippen molar-refractivity contribution in [3.63, 3.8) is 0 Å². The molecule has 0 saturated heterocycles. The van der Waals surface area contributed by atoms with Crippen LogP contribution in [0, 0.1) is 17.8 Å². The summed E-state index contributed by atoms with van der Waals surface area (Å²) in [6.07, 6.45) is 9.25. The standard InChI is InChI=1S/C24H37N5O4/c1-14(2)26-20-18(13-25-29(20)7-6-23(3,4)28-22(31)33-5)21(30)27-19-16-8-15-9-17(19)12-24(32,10-15)11-16/h6-7,13-17,19,26,32H,8-12H2,1-5H3,(H,27,30)(H,28,31)/b7-6+/t15?,16?,17?,19-,24-. The molecule has 0 aromatic carbocycles. The lowest BCUT2D eigenvalue weighted by Crippen LogP contribution is -2.61. The highest BCUT2D eigenvalue weighted by Crippen LogP contribution is 2.55. The van der Waals surface area contributed by atoms with Gasteiger partial charge in [0, 0.05) is 18.3 Å². The van der Waals surface area contributed by atoms with E-state index in [1.807, 2.05) is 27.7 Å². The molecular formula is C24H37N5O4. The molecule has 4 N–H and O–H groups in total. The summed E-state index contributed by atoms with van der Waals surface area (Å²) >= 11 is 0. The van der Waals surface area contributed by atoms with Gasteiger partial charge in [0.15, 0.2) is 0 Å². The monoisotopic (exact) mass is 459 g/mol. The lowest BCUT2D eigenvalue weighted by Gasteiger charge is -2.58. The maximum atomic E-state index is 13.4. The first-order valence-corrected chi connectivity index (χ1v) is 11.9. The maximum Gasteiger partial charge on any atom is 0.407 e. The first kappa shape index (κ1) is 23.6. The van der Waals surface area contributed by atoms with Crippen LogP contribution >= 0.6 is 0 Å². The number of rotatable bonds is 7. The fourth-order valence-electron chi connectivity index (χ4n) is 6.12. The summed E-state index contributed by atoms with van der Waals surface area (Å²) in [5.41, 5.74) is -0.709. The summed E-state index contributed by atoms with van der Waals surface area (Å²) in [6, 6.07) is 0.195. The molecular weight excluding hydrogens is 422 g/mol. The summed E-state index contributed by atoms with van der Waals surface area (Å²) < 4.78 is 6.30. The molecule has 4 aliphatic rings. The van der Waals surface area contributed by atoms with Gasteiger partial charge in [0.25, 0.3) is 5.91 Å². The zero-order valence-corrected chi connectivity index (χ0v) is 20.2. The first-order valence-electron chi connectivity index (χ1n) is 11.9. The van der Waals surface area contributed by atoms with Gasteiger partial charge in [-0.15, -0.1) is 0 Å². The highest BCUT2D eigenvalue weighted by molar-refractivity contribution is 5.99. The minimum atomic E-state index is -0.669. The van der Waals surface area contributed by atoms with E-state index < -0.39 is 17.2 Å². The quantitative estimate of drug-likeness (QED) is 0.498. The van der Waals surface area contributed by atoms with E-state index >= 15 is 0 Å². The summed E-state index contributed by atoms with van der Waals surface area (Å²) in [7, 11) is 1.32. The number of hydrogen-bond acceptors (Lipinski definition) is 6.